The van der Waals surface area contributed by atoms with Crippen molar-refractivity contribution in [3.63, 3.8) is 0 Å². The number of pyridine rings is 5. The molecule has 13 aromatic heterocycles. The zero-order chi connectivity index (χ0) is 98.7. The summed E-state index contributed by atoms with van der Waals surface area (Å²) in [6, 6.07) is 113. The van der Waals surface area contributed by atoms with Crippen molar-refractivity contribution in [3.8, 4) is 28.7 Å². The molecule has 6 aliphatic heterocycles. The van der Waals surface area contributed by atoms with Crippen LogP contribution in [0, 0.1) is 0 Å². The molecular weight excluding hydrogens is 1820 g/mol. The third-order valence-corrected chi connectivity index (χ3v) is 34.7. The number of thiophene rings is 1. The van der Waals surface area contributed by atoms with E-state index in [2.05, 4.69) is 456 Å². The van der Waals surface area contributed by atoms with Gasteiger partial charge in [-0.1, -0.05) is 230 Å². The Hall–Kier alpha value is -17.6. The lowest BCUT2D eigenvalue weighted by atomic mass is 9.67. The number of nitrogens with zero attached hydrogens (tertiary/aromatic N) is 17. The normalized spacial score (nSPS) is 15.5. The summed E-state index contributed by atoms with van der Waals surface area (Å²) in [6.45, 7) is 27.8. The molecule has 147 heavy (non-hydrogen) atoms. The predicted octanol–water partition coefficient (Wildman–Crippen LogP) is 31.7. The smallest absolute Gasteiger partial charge is 0.141 e. The third kappa shape index (κ3) is 11.4. The molecule has 704 valence electrons. The number of hydrogen-bond acceptors (Lipinski definition) is 13. The standard InChI is InChI=1S/2C45H34N6.C39H29N5S/c1-44(2)31-23-40(49-34-17-9-5-13-27(34)28-14-6-10-18-35(28)49)47-26-39(31)51-38-21-22-46-25-33(38)45(3,4)43-42(51)32(44)24-41(48-43)50-36-19-11-7-15-29(36)30-16-8-12-20-37(30)50;1-44(2)32-22-28(23-33-42(32)51(37-20-21-46-24-34(37)44)39-25-47-26-48-43(39)45(33,3)4)49-36-17-11-9-15-31(36)40-38(49)19-18-30-29-14-8-10-16-35(29)50(41(30)40)27-12-6-5-7-13-27;1-38(2)27-12-9-17-41-37(27)44-31-20-40-21-42-36(31)39(3,4)29-19-22(18-28(38)34(29)44)43-30-13-7-5-10-23(30)25-15-16-26-24-11-6-8-14-32(24)45-35(26)33(25)43/h2*5-26H,1-4H3;5-21H,1-4H3. The van der Waals surface area contributed by atoms with Gasteiger partial charge in [-0.25, -0.2) is 34.9 Å². The molecular formula is C129H97N17S. The van der Waals surface area contributed by atoms with Crippen LogP contribution < -0.4 is 14.7 Å². The monoisotopic (exact) mass is 1920 g/mol. The van der Waals surface area contributed by atoms with Crippen LogP contribution in [0.25, 0.3) is 158 Å². The molecule has 26 aromatic rings. The van der Waals surface area contributed by atoms with Crippen LogP contribution in [0.2, 0.25) is 0 Å². The maximum absolute atomic E-state index is 5.63. The topological polar surface area (TPSA) is 150 Å². The van der Waals surface area contributed by atoms with Gasteiger partial charge in [-0.15, -0.1) is 11.3 Å². The molecule has 0 aliphatic carbocycles. The molecule has 0 atom stereocenters. The molecule has 0 spiro atoms. The summed E-state index contributed by atoms with van der Waals surface area (Å²) in [5, 5.41) is 15.1. The Labute approximate surface area is 851 Å². The van der Waals surface area contributed by atoms with Gasteiger partial charge >= 0.3 is 0 Å². The van der Waals surface area contributed by atoms with E-state index < -0.39 is 5.41 Å². The van der Waals surface area contributed by atoms with E-state index in [1.807, 2.05) is 54.7 Å². The Morgan fingerprint density at radius 1 is 0.231 bits per heavy atom. The average molecular weight is 1920 g/mol. The number of benzene rings is 13. The van der Waals surface area contributed by atoms with Gasteiger partial charge in [0.2, 0.25) is 0 Å². The lowest BCUT2D eigenvalue weighted by Gasteiger charge is -2.48. The largest absolute Gasteiger partial charge is 0.309 e. The summed E-state index contributed by atoms with van der Waals surface area (Å²) < 4.78 is 14.8. The van der Waals surface area contributed by atoms with Gasteiger partial charge in [-0.3, -0.25) is 24.0 Å². The lowest BCUT2D eigenvalue weighted by Crippen LogP contribution is -2.39. The number of para-hydroxylation sites is 8. The lowest BCUT2D eigenvalue weighted by molar-refractivity contribution is 0.576. The molecule has 0 unspecified atom stereocenters. The number of rotatable bonds is 5. The van der Waals surface area contributed by atoms with Crippen molar-refractivity contribution in [2.24, 2.45) is 0 Å². The van der Waals surface area contributed by atoms with E-state index in [1.54, 1.807) is 12.7 Å². The Morgan fingerprint density at radius 3 is 1.22 bits per heavy atom. The fraction of sp³-hybridized carbons (Fsp3) is 0.140. The Morgan fingerprint density at radius 2 is 0.646 bits per heavy atom. The van der Waals surface area contributed by atoms with Gasteiger partial charge in [-0.05, 0) is 196 Å². The van der Waals surface area contributed by atoms with Crippen molar-refractivity contribution in [2.75, 3.05) is 14.7 Å². The molecule has 0 saturated carbocycles. The van der Waals surface area contributed by atoms with Crippen molar-refractivity contribution in [3.05, 3.63) is 439 Å². The van der Waals surface area contributed by atoms with Gasteiger partial charge in [0.15, 0.2) is 0 Å². The van der Waals surface area contributed by atoms with E-state index in [0.29, 0.717) is 0 Å². The van der Waals surface area contributed by atoms with Crippen LogP contribution in [-0.2, 0) is 32.5 Å². The van der Waals surface area contributed by atoms with Crippen LogP contribution >= 0.6 is 11.3 Å². The van der Waals surface area contributed by atoms with E-state index >= 15 is 0 Å². The van der Waals surface area contributed by atoms with Gasteiger partial charge < -0.3 is 23.5 Å². The molecule has 0 radical (unpaired) electrons. The highest BCUT2D eigenvalue weighted by atomic mass is 32.1. The Kier molecular flexibility index (Phi) is 17.4. The molecule has 0 saturated heterocycles. The van der Waals surface area contributed by atoms with Crippen molar-refractivity contribution < 1.29 is 0 Å². The van der Waals surface area contributed by atoms with Gasteiger partial charge in [-0.2, -0.15) is 0 Å². The highest BCUT2D eigenvalue weighted by Crippen LogP contribution is 2.65. The first-order valence-corrected chi connectivity index (χ1v) is 51.5. The summed E-state index contributed by atoms with van der Waals surface area (Å²) in [4.78, 5) is 51.1. The highest BCUT2D eigenvalue weighted by Gasteiger charge is 2.52. The zero-order valence-corrected chi connectivity index (χ0v) is 84.0. The molecule has 0 bridgehead atoms. The van der Waals surface area contributed by atoms with Gasteiger partial charge in [0, 0.05) is 167 Å². The Bertz CT molecular complexity index is 10000. The molecule has 6 aliphatic rings. The summed E-state index contributed by atoms with van der Waals surface area (Å²) in [6.07, 6.45) is 19.1. The van der Waals surface area contributed by atoms with E-state index in [0.717, 1.165) is 108 Å². The van der Waals surface area contributed by atoms with Crippen molar-refractivity contribution >= 4 is 192 Å². The molecule has 18 heteroatoms. The van der Waals surface area contributed by atoms with E-state index in [-0.39, 0.29) is 27.1 Å². The van der Waals surface area contributed by atoms with Crippen LogP contribution in [0.15, 0.2) is 372 Å². The second kappa shape index (κ2) is 30.0. The van der Waals surface area contributed by atoms with Crippen LogP contribution in [-0.4, -0.2) is 67.7 Å². The van der Waals surface area contributed by atoms with Crippen molar-refractivity contribution in [1.82, 2.24) is 67.7 Å². The molecule has 0 amide bonds. The summed E-state index contributed by atoms with van der Waals surface area (Å²) in [7, 11) is 0. The molecule has 0 N–H and O–H groups in total. The molecule has 19 heterocycles. The minimum absolute atomic E-state index is 0.283. The van der Waals surface area contributed by atoms with Crippen molar-refractivity contribution in [2.45, 2.75) is 116 Å². The first kappa shape index (κ1) is 85.0. The summed E-state index contributed by atoms with van der Waals surface area (Å²) >= 11 is 1.89. The first-order chi connectivity index (χ1) is 71.5. The predicted molar refractivity (Wildman–Crippen MR) is 601 cm³/mol. The summed E-state index contributed by atoms with van der Waals surface area (Å²) in [5.41, 5.74) is 36.3. The van der Waals surface area contributed by atoms with E-state index in [9.17, 15) is 0 Å². The van der Waals surface area contributed by atoms with E-state index in [1.165, 1.54) is 169 Å². The average Bonchev–Trinajstić information content (AvgIpc) is 1.08. The maximum Gasteiger partial charge on any atom is 0.141 e. The van der Waals surface area contributed by atoms with Gasteiger partial charge in [0.05, 0.1) is 141 Å². The molecule has 13 aromatic carbocycles. The SMILES string of the molecule is CC1(C)c2cc(-n3c4ccccc4c4ccccc43)ncc2N2c3ccncc3C(C)(C)c3nc(-n4c5ccccc5c5ccccc54)cc1c32.CC1(C)c2cccnc2N2c3cncnc3C(C)(C)c3cc(-n4c5ccccc5c5ccc6c7ccccc7sc6c54)cc1c32.CC1(C)c2cnccc2N2c3cncnc3C(C)(C)c3cc(-n4c5ccccc5c5c4ccc4c6ccccc6n(-c6ccccc6)c45)cc1c32. The Balaban J connectivity index is 0.000000102. The van der Waals surface area contributed by atoms with E-state index in [4.69, 9.17) is 24.9 Å². The second-order valence-electron chi connectivity index (χ2n) is 43.4. The quantitative estimate of drug-likeness (QED) is 0.161. The fourth-order valence-electron chi connectivity index (χ4n) is 26.4. The van der Waals surface area contributed by atoms with Crippen LogP contribution in [0.3, 0.4) is 0 Å². The summed E-state index contributed by atoms with van der Waals surface area (Å²) in [5.74, 6) is 2.79. The fourth-order valence-corrected chi connectivity index (χ4v) is 27.6. The minimum Gasteiger partial charge on any atom is -0.309 e. The van der Waals surface area contributed by atoms with Crippen molar-refractivity contribution in [1.29, 1.82) is 0 Å². The third-order valence-electron chi connectivity index (χ3n) is 33.5. The number of aromatic nitrogens is 14. The maximum atomic E-state index is 5.63. The number of fused-ring (bicyclic) bond motifs is 32. The first-order valence-electron chi connectivity index (χ1n) is 50.7. The van der Waals surface area contributed by atoms with Gasteiger partial charge in [0.25, 0.3) is 0 Å². The van der Waals surface area contributed by atoms with Gasteiger partial charge in [0.1, 0.15) is 30.1 Å². The minimum atomic E-state index is -0.400. The zero-order valence-electron chi connectivity index (χ0n) is 83.2. The number of hydrogen-bond donors (Lipinski definition) is 0. The number of anilines is 9. The van der Waals surface area contributed by atoms with Crippen LogP contribution in [0.4, 0.5) is 51.3 Å². The van der Waals surface area contributed by atoms with Crippen LogP contribution in [0.1, 0.15) is 150 Å². The highest BCUT2D eigenvalue weighted by molar-refractivity contribution is 7.26. The molecule has 17 nitrogen and oxygen atoms in total. The second-order valence-corrected chi connectivity index (χ2v) is 44.5. The van der Waals surface area contributed by atoms with Crippen LogP contribution in [0.5, 0.6) is 0 Å². The molecule has 32 rings (SSSR count). The molecule has 0 fully saturated rings.